The van der Waals surface area contributed by atoms with Crippen LogP contribution in [-0.4, -0.2) is 0 Å². The van der Waals surface area contributed by atoms with Crippen LogP contribution in [0, 0.1) is 0 Å². The van der Waals surface area contributed by atoms with E-state index in [0.717, 1.165) is 12.8 Å². The molecule has 0 aliphatic heterocycles. The SMILES string of the molecule is CC1=Cc2ccccc2C1.CC1=Cc2ccccc2C1. The summed E-state index contributed by atoms with van der Waals surface area (Å²) in [5, 5.41) is 0. The second-order valence-electron chi connectivity index (χ2n) is 5.73. The molecule has 0 saturated carbocycles. The third kappa shape index (κ3) is 2.75. The average Bonchev–Trinajstić information content (AvgIpc) is 2.99. The van der Waals surface area contributed by atoms with E-state index < -0.39 is 0 Å². The van der Waals surface area contributed by atoms with Crippen LogP contribution in [0.15, 0.2) is 59.7 Å². The van der Waals surface area contributed by atoms with Crippen LogP contribution in [0.25, 0.3) is 12.2 Å². The van der Waals surface area contributed by atoms with Gasteiger partial charge in [0.15, 0.2) is 0 Å². The molecule has 0 radical (unpaired) electrons. The normalized spacial score (nSPS) is 14.7. The number of fused-ring (bicyclic) bond motifs is 2. The van der Waals surface area contributed by atoms with Crippen LogP contribution in [-0.2, 0) is 12.8 Å². The maximum Gasteiger partial charge on any atom is -0.00606 e. The van der Waals surface area contributed by atoms with Gasteiger partial charge in [-0.15, -0.1) is 0 Å². The van der Waals surface area contributed by atoms with Crippen LogP contribution >= 0.6 is 0 Å². The van der Waals surface area contributed by atoms with Crippen LogP contribution < -0.4 is 0 Å². The van der Waals surface area contributed by atoms with Gasteiger partial charge in [-0.05, 0) is 48.9 Å². The minimum Gasteiger partial charge on any atom is -0.0683 e. The topological polar surface area (TPSA) is 0 Å². The second-order valence-corrected chi connectivity index (χ2v) is 5.73. The first-order chi connectivity index (χ1) is 9.72. The van der Waals surface area contributed by atoms with Crippen LogP contribution in [0.2, 0.25) is 0 Å². The number of allylic oxidation sites excluding steroid dienone is 2. The van der Waals surface area contributed by atoms with Crippen LogP contribution in [0.1, 0.15) is 36.1 Å². The van der Waals surface area contributed by atoms with E-state index in [9.17, 15) is 0 Å². The van der Waals surface area contributed by atoms with E-state index in [1.165, 1.54) is 33.4 Å². The third-order valence-corrected chi connectivity index (χ3v) is 3.85. The molecule has 2 aliphatic carbocycles. The molecule has 0 heterocycles. The number of hydrogen-bond donors (Lipinski definition) is 0. The minimum atomic E-state index is 1.15. The maximum atomic E-state index is 2.26. The van der Waals surface area contributed by atoms with Crippen molar-refractivity contribution in [1.29, 1.82) is 0 Å². The minimum absolute atomic E-state index is 1.15. The van der Waals surface area contributed by atoms with Crippen LogP contribution in [0.4, 0.5) is 0 Å². The summed E-state index contributed by atoms with van der Waals surface area (Å²) >= 11 is 0. The summed E-state index contributed by atoms with van der Waals surface area (Å²) in [6.45, 7) is 4.36. The quantitative estimate of drug-likeness (QED) is 0.603. The predicted molar refractivity (Wildman–Crippen MR) is 87.6 cm³/mol. The zero-order valence-electron chi connectivity index (χ0n) is 12.2. The molecule has 20 heavy (non-hydrogen) atoms. The Balaban J connectivity index is 0.000000121. The molecule has 0 unspecified atom stereocenters. The molecular weight excluding hydrogens is 240 g/mol. The van der Waals surface area contributed by atoms with E-state index in [1.807, 2.05) is 0 Å². The van der Waals surface area contributed by atoms with Crippen molar-refractivity contribution in [1.82, 2.24) is 0 Å². The van der Waals surface area contributed by atoms with Crippen molar-refractivity contribution in [2.24, 2.45) is 0 Å². The molecule has 0 N–H and O–H groups in total. The Kier molecular flexibility index (Phi) is 3.56. The fourth-order valence-electron chi connectivity index (χ4n) is 2.91. The van der Waals surface area contributed by atoms with E-state index in [2.05, 4.69) is 74.5 Å². The highest BCUT2D eigenvalue weighted by atomic mass is 14.1. The monoisotopic (exact) mass is 260 g/mol. The highest BCUT2D eigenvalue weighted by Gasteiger charge is 2.07. The maximum absolute atomic E-state index is 2.26. The van der Waals surface area contributed by atoms with E-state index in [4.69, 9.17) is 0 Å². The van der Waals surface area contributed by atoms with Crippen LogP contribution in [0.3, 0.4) is 0 Å². The third-order valence-electron chi connectivity index (χ3n) is 3.85. The standard InChI is InChI=1S/2C10H10/c2*1-8-6-9-4-2-3-5-10(9)7-8/h2*2-6H,7H2,1H3. The Bertz CT molecular complexity index is 625. The summed E-state index contributed by atoms with van der Waals surface area (Å²) in [6, 6.07) is 17.1. The fraction of sp³-hybridized carbons (Fsp3) is 0.200. The molecule has 100 valence electrons. The van der Waals surface area contributed by atoms with Gasteiger partial charge in [0.05, 0.1) is 0 Å². The van der Waals surface area contributed by atoms with Gasteiger partial charge >= 0.3 is 0 Å². The summed E-state index contributed by atoms with van der Waals surface area (Å²) in [6.07, 6.45) is 6.82. The van der Waals surface area contributed by atoms with Gasteiger partial charge in [0.1, 0.15) is 0 Å². The van der Waals surface area contributed by atoms with Gasteiger partial charge in [-0.3, -0.25) is 0 Å². The van der Waals surface area contributed by atoms with Gasteiger partial charge in [-0.1, -0.05) is 71.8 Å². The Morgan fingerprint density at radius 2 is 1.00 bits per heavy atom. The van der Waals surface area contributed by atoms with Gasteiger partial charge in [-0.25, -0.2) is 0 Å². The number of hydrogen-bond acceptors (Lipinski definition) is 0. The first-order valence-corrected chi connectivity index (χ1v) is 7.22. The van der Waals surface area contributed by atoms with Crippen molar-refractivity contribution >= 4 is 12.2 Å². The summed E-state index contributed by atoms with van der Waals surface area (Å²) in [5.74, 6) is 0. The molecular formula is C20H20. The highest BCUT2D eigenvalue weighted by Crippen LogP contribution is 2.24. The number of rotatable bonds is 0. The van der Waals surface area contributed by atoms with E-state index in [0.29, 0.717) is 0 Å². The van der Waals surface area contributed by atoms with Crippen molar-refractivity contribution in [3.8, 4) is 0 Å². The molecule has 0 nitrogen and oxygen atoms in total. The lowest BCUT2D eigenvalue weighted by Crippen LogP contribution is -1.79. The predicted octanol–water partition coefficient (Wildman–Crippen LogP) is 5.29. The van der Waals surface area contributed by atoms with Crippen molar-refractivity contribution in [2.75, 3.05) is 0 Å². The smallest absolute Gasteiger partial charge is 0.00606 e. The Labute approximate surface area is 121 Å². The van der Waals surface area contributed by atoms with Gasteiger partial charge in [0, 0.05) is 0 Å². The number of benzene rings is 2. The second kappa shape index (κ2) is 5.50. The van der Waals surface area contributed by atoms with Gasteiger partial charge in [0.2, 0.25) is 0 Å². The molecule has 0 fully saturated rings. The summed E-state index contributed by atoms with van der Waals surface area (Å²) in [4.78, 5) is 0. The molecule has 0 aromatic heterocycles. The lowest BCUT2D eigenvalue weighted by atomic mass is 10.1. The lowest BCUT2D eigenvalue weighted by molar-refractivity contribution is 1.20. The molecule has 2 aromatic rings. The van der Waals surface area contributed by atoms with Gasteiger partial charge < -0.3 is 0 Å². The molecule has 4 rings (SSSR count). The molecule has 2 aromatic carbocycles. The molecule has 0 heteroatoms. The lowest BCUT2D eigenvalue weighted by Gasteiger charge is -1.93. The zero-order chi connectivity index (χ0) is 13.9. The molecule has 0 amide bonds. The van der Waals surface area contributed by atoms with E-state index in [-0.39, 0.29) is 0 Å². The zero-order valence-corrected chi connectivity index (χ0v) is 12.2. The summed E-state index contributed by atoms with van der Waals surface area (Å²) in [7, 11) is 0. The first kappa shape index (κ1) is 12.9. The first-order valence-electron chi connectivity index (χ1n) is 7.22. The summed E-state index contributed by atoms with van der Waals surface area (Å²) in [5.41, 5.74) is 8.70. The van der Waals surface area contributed by atoms with E-state index in [1.54, 1.807) is 0 Å². The van der Waals surface area contributed by atoms with Crippen molar-refractivity contribution in [2.45, 2.75) is 26.7 Å². The van der Waals surface area contributed by atoms with Crippen molar-refractivity contribution in [3.05, 3.63) is 81.9 Å². The molecule has 0 spiro atoms. The highest BCUT2D eigenvalue weighted by molar-refractivity contribution is 5.63. The largest absolute Gasteiger partial charge is 0.0683 e. The summed E-state index contributed by atoms with van der Waals surface area (Å²) < 4.78 is 0. The molecule has 0 atom stereocenters. The Morgan fingerprint density at radius 3 is 1.40 bits per heavy atom. The van der Waals surface area contributed by atoms with E-state index >= 15 is 0 Å². The van der Waals surface area contributed by atoms with Gasteiger partial charge in [-0.2, -0.15) is 0 Å². The fourth-order valence-corrected chi connectivity index (χ4v) is 2.91. The molecule has 2 aliphatic rings. The average molecular weight is 260 g/mol. The Hall–Kier alpha value is -2.08. The van der Waals surface area contributed by atoms with Crippen molar-refractivity contribution < 1.29 is 0 Å². The Morgan fingerprint density at radius 1 is 0.600 bits per heavy atom. The van der Waals surface area contributed by atoms with Crippen LogP contribution in [0.5, 0.6) is 0 Å². The van der Waals surface area contributed by atoms with Gasteiger partial charge in [0.25, 0.3) is 0 Å². The molecule has 0 bridgehead atoms. The molecule has 0 saturated heterocycles. The van der Waals surface area contributed by atoms with Crippen molar-refractivity contribution in [3.63, 3.8) is 0 Å².